The molecule has 0 amide bonds. The second-order valence-corrected chi connectivity index (χ2v) is 5.31. The Morgan fingerprint density at radius 2 is 1.64 bits per heavy atom. The first-order chi connectivity index (χ1) is 12.2. The molecule has 0 radical (unpaired) electrons. The van der Waals surface area contributed by atoms with Gasteiger partial charge in [-0.15, -0.1) is 0 Å². The molecule has 0 fully saturated rings. The van der Waals surface area contributed by atoms with Crippen molar-refractivity contribution in [1.82, 2.24) is 0 Å². The van der Waals surface area contributed by atoms with Crippen molar-refractivity contribution in [2.45, 2.75) is 6.54 Å². The molecule has 2 aromatic rings. The highest BCUT2D eigenvalue weighted by atomic mass is 16.5. The number of hydrogen-bond acceptors (Lipinski definition) is 4. The van der Waals surface area contributed by atoms with Crippen LogP contribution in [0.1, 0.15) is 17.0 Å². The maximum Gasteiger partial charge on any atom is 0.205 e. The molecule has 5 nitrogen and oxygen atoms in total. The molecular formula is C20H25N2O3+. The smallest absolute Gasteiger partial charge is 0.205 e. The Kier molecular flexibility index (Phi) is 6.60. The predicted octanol–water partition coefficient (Wildman–Crippen LogP) is 2.77. The molecule has 0 atom stereocenters. The van der Waals surface area contributed by atoms with Crippen LogP contribution in [0.3, 0.4) is 0 Å². The first-order valence-corrected chi connectivity index (χ1v) is 8.02. The Morgan fingerprint density at radius 3 is 2.16 bits per heavy atom. The molecule has 0 aliphatic heterocycles. The summed E-state index contributed by atoms with van der Waals surface area (Å²) in [6, 6.07) is 9.86. The lowest BCUT2D eigenvalue weighted by Gasteiger charge is -2.12. The average Bonchev–Trinajstić information content (AvgIpc) is 2.66. The predicted molar refractivity (Wildman–Crippen MR) is 101 cm³/mol. The minimum Gasteiger partial charge on any atom is -0.493 e. The average molecular weight is 341 g/mol. The summed E-state index contributed by atoms with van der Waals surface area (Å²) in [7, 11) is 4.80. The third kappa shape index (κ3) is 4.19. The molecule has 0 saturated heterocycles. The molecule has 1 heterocycles. The van der Waals surface area contributed by atoms with E-state index < -0.39 is 0 Å². The largest absolute Gasteiger partial charge is 0.493 e. The quantitative estimate of drug-likeness (QED) is 0.750. The maximum absolute atomic E-state index is 5.74. The van der Waals surface area contributed by atoms with Gasteiger partial charge in [0.1, 0.15) is 0 Å². The Morgan fingerprint density at radius 1 is 1.00 bits per heavy atom. The van der Waals surface area contributed by atoms with E-state index in [4.69, 9.17) is 19.9 Å². The fourth-order valence-electron chi connectivity index (χ4n) is 2.66. The molecule has 1 aromatic carbocycles. The summed E-state index contributed by atoms with van der Waals surface area (Å²) in [4.78, 5) is 0. The highest BCUT2D eigenvalue weighted by molar-refractivity contribution is 5.71. The number of benzene rings is 1. The lowest BCUT2D eigenvalue weighted by Crippen LogP contribution is -2.43. The van der Waals surface area contributed by atoms with E-state index in [-0.39, 0.29) is 0 Å². The zero-order valence-electron chi connectivity index (χ0n) is 15.0. The van der Waals surface area contributed by atoms with Gasteiger partial charge in [0.25, 0.3) is 0 Å². The van der Waals surface area contributed by atoms with Crippen molar-refractivity contribution in [3.05, 3.63) is 53.9 Å². The summed E-state index contributed by atoms with van der Waals surface area (Å²) in [5.41, 5.74) is 8.75. The third-order valence-electron chi connectivity index (χ3n) is 3.85. The van der Waals surface area contributed by atoms with E-state index in [1.165, 1.54) is 0 Å². The van der Waals surface area contributed by atoms with Gasteiger partial charge in [-0.05, 0) is 29.8 Å². The Bertz CT molecular complexity index is 745. The van der Waals surface area contributed by atoms with E-state index in [2.05, 4.69) is 11.1 Å². The van der Waals surface area contributed by atoms with Crippen LogP contribution in [-0.4, -0.2) is 27.9 Å². The molecule has 5 heteroatoms. The van der Waals surface area contributed by atoms with Crippen molar-refractivity contribution in [3.63, 3.8) is 0 Å². The van der Waals surface area contributed by atoms with Gasteiger partial charge in [-0.2, -0.15) is 4.57 Å². The Labute approximate surface area is 149 Å². The molecule has 0 aliphatic rings. The molecule has 0 spiro atoms. The number of ether oxygens (including phenoxy) is 3. The van der Waals surface area contributed by atoms with Crippen molar-refractivity contribution in [1.29, 1.82) is 0 Å². The minimum absolute atomic E-state index is 0.556. The second-order valence-electron chi connectivity index (χ2n) is 5.31. The monoisotopic (exact) mass is 341 g/mol. The van der Waals surface area contributed by atoms with Gasteiger partial charge in [0.2, 0.25) is 17.1 Å². The second kappa shape index (κ2) is 8.89. The summed E-state index contributed by atoms with van der Waals surface area (Å²) in [5.74, 6) is 1.82. The fourth-order valence-corrected chi connectivity index (χ4v) is 2.66. The number of nitrogens with two attached hydrogens (primary N) is 1. The molecule has 2 rings (SSSR count). The van der Waals surface area contributed by atoms with E-state index in [1.54, 1.807) is 21.3 Å². The maximum atomic E-state index is 5.74. The van der Waals surface area contributed by atoms with E-state index in [9.17, 15) is 0 Å². The van der Waals surface area contributed by atoms with Crippen LogP contribution in [0.25, 0.3) is 18.2 Å². The van der Waals surface area contributed by atoms with Gasteiger partial charge >= 0.3 is 0 Å². The summed E-state index contributed by atoms with van der Waals surface area (Å²) in [6.07, 6.45) is 5.86. The van der Waals surface area contributed by atoms with Crippen molar-refractivity contribution >= 4 is 18.2 Å². The molecule has 25 heavy (non-hydrogen) atoms. The standard InChI is InChI=1S/C20H25N2O3/c1-5-16-7-6-8-17(22(16)12-11-21)10-9-15-13-18(23-2)20(25-4)19(14-15)24-3/h5-10,13-14H,1,11-12,21H2,2-4H3/q+1/b10-9+. The van der Waals surface area contributed by atoms with Crippen LogP contribution in [0.2, 0.25) is 0 Å². The van der Waals surface area contributed by atoms with Crippen molar-refractivity contribution in [2.24, 2.45) is 5.73 Å². The normalized spacial score (nSPS) is 10.7. The van der Waals surface area contributed by atoms with Gasteiger partial charge < -0.3 is 19.9 Å². The molecule has 0 bridgehead atoms. The lowest BCUT2D eigenvalue weighted by molar-refractivity contribution is -0.697. The number of aromatic nitrogens is 1. The number of hydrogen-bond donors (Lipinski definition) is 1. The van der Waals surface area contributed by atoms with Gasteiger partial charge in [-0.1, -0.05) is 6.58 Å². The highest BCUT2D eigenvalue weighted by Crippen LogP contribution is 2.38. The van der Waals surface area contributed by atoms with E-state index >= 15 is 0 Å². The van der Waals surface area contributed by atoms with Gasteiger partial charge in [-0.25, -0.2) is 0 Å². The van der Waals surface area contributed by atoms with Crippen LogP contribution in [0.5, 0.6) is 17.2 Å². The number of nitrogens with zero attached hydrogens (tertiary/aromatic N) is 1. The van der Waals surface area contributed by atoms with Crippen LogP contribution in [0.15, 0.2) is 36.9 Å². The molecular weight excluding hydrogens is 316 g/mol. The number of methoxy groups -OCH3 is 3. The van der Waals surface area contributed by atoms with Crippen molar-refractivity contribution in [3.8, 4) is 17.2 Å². The lowest BCUT2D eigenvalue weighted by atomic mass is 10.1. The SMILES string of the molecule is C=Cc1cccc(/C=C/c2cc(OC)c(OC)c(OC)c2)[n+]1CCN. The molecule has 0 aliphatic carbocycles. The summed E-state index contributed by atoms with van der Waals surface area (Å²) >= 11 is 0. The van der Waals surface area contributed by atoms with Gasteiger partial charge in [0.15, 0.2) is 18.0 Å². The summed E-state index contributed by atoms with van der Waals surface area (Å²) in [6.45, 7) is 5.14. The zero-order valence-corrected chi connectivity index (χ0v) is 15.0. The molecule has 1 aromatic heterocycles. The van der Waals surface area contributed by atoms with E-state index in [1.807, 2.05) is 48.6 Å². The van der Waals surface area contributed by atoms with Crippen LogP contribution in [-0.2, 0) is 6.54 Å². The summed E-state index contributed by atoms with van der Waals surface area (Å²) in [5, 5.41) is 0. The first kappa shape index (κ1) is 18.5. The fraction of sp³-hybridized carbons (Fsp3) is 0.250. The van der Waals surface area contributed by atoms with E-state index in [0.717, 1.165) is 23.5 Å². The van der Waals surface area contributed by atoms with Crippen LogP contribution in [0, 0.1) is 0 Å². The zero-order chi connectivity index (χ0) is 18.2. The minimum atomic E-state index is 0.556. The Balaban J connectivity index is 2.44. The van der Waals surface area contributed by atoms with Crippen LogP contribution < -0.4 is 24.5 Å². The third-order valence-corrected chi connectivity index (χ3v) is 3.85. The molecule has 0 saturated carbocycles. The molecule has 0 unspecified atom stereocenters. The highest BCUT2D eigenvalue weighted by Gasteiger charge is 2.14. The van der Waals surface area contributed by atoms with E-state index in [0.29, 0.717) is 23.8 Å². The van der Waals surface area contributed by atoms with Gasteiger partial charge in [0.05, 0.1) is 27.9 Å². The molecule has 2 N–H and O–H groups in total. The number of pyridine rings is 1. The van der Waals surface area contributed by atoms with Crippen LogP contribution in [0.4, 0.5) is 0 Å². The van der Waals surface area contributed by atoms with Gasteiger partial charge in [-0.3, -0.25) is 0 Å². The first-order valence-electron chi connectivity index (χ1n) is 8.02. The van der Waals surface area contributed by atoms with Crippen LogP contribution >= 0.6 is 0 Å². The Hall–Kier alpha value is -2.79. The van der Waals surface area contributed by atoms with Crippen molar-refractivity contribution < 1.29 is 18.8 Å². The number of rotatable bonds is 8. The topological polar surface area (TPSA) is 57.6 Å². The molecule has 132 valence electrons. The van der Waals surface area contributed by atoms with Crippen molar-refractivity contribution in [2.75, 3.05) is 27.9 Å². The summed E-state index contributed by atoms with van der Waals surface area (Å²) < 4.78 is 18.3. The van der Waals surface area contributed by atoms with Gasteiger partial charge in [0, 0.05) is 24.3 Å².